The summed E-state index contributed by atoms with van der Waals surface area (Å²) < 4.78 is 10.4. The Morgan fingerprint density at radius 2 is 2.00 bits per heavy atom. The van der Waals surface area contributed by atoms with Gasteiger partial charge in [-0.2, -0.15) is 0 Å². The first-order valence-corrected chi connectivity index (χ1v) is 6.22. The fourth-order valence-electron chi connectivity index (χ4n) is 2.51. The van der Waals surface area contributed by atoms with Crippen molar-refractivity contribution in [1.82, 2.24) is 4.90 Å². The number of likely N-dealkylation sites (tertiary alicyclic amines) is 1. The van der Waals surface area contributed by atoms with Gasteiger partial charge in [0, 0.05) is 19.7 Å². The monoisotopic (exact) mass is 235 g/mol. The molecule has 0 aromatic heterocycles. The van der Waals surface area contributed by atoms with E-state index >= 15 is 0 Å². The van der Waals surface area contributed by atoms with Gasteiger partial charge in [0.15, 0.2) is 0 Å². The van der Waals surface area contributed by atoms with E-state index in [9.17, 15) is 0 Å². The van der Waals surface area contributed by atoms with E-state index in [1.54, 1.807) is 14.2 Å². The van der Waals surface area contributed by atoms with Gasteiger partial charge in [0.1, 0.15) is 5.75 Å². The summed E-state index contributed by atoms with van der Waals surface area (Å²) in [4.78, 5) is 2.51. The number of ether oxygens (including phenoxy) is 2. The lowest BCUT2D eigenvalue weighted by molar-refractivity contribution is 0.141. The highest BCUT2D eigenvalue weighted by molar-refractivity contribution is 5.29. The summed E-state index contributed by atoms with van der Waals surface area (Å²) in [6.45, 7) is 3.01. The molecule has 1 fully saturated rings. The average Bonchev–Trinajstić information content (AvgIpc) is 2.84. The standard InChI is InChI=1S/C14H21NO2/c1-16-11-10-15-9-3-4-14(15)12-5-7-13(17-2)8-6-12/h5-8,14H,3-4,9-11H2,1-2H3/t14-/m1/s1. The van der Waals surface area contributed by atoms with Gasteiger partial charge in [0.25, 0.3) is 0 Å². The van der Waals surface area contributed by atoms with Gasteiger partial charge in [-0.25, -0.2) is 0 Å². The highest BCUT2D eigenvalue weighted by atomic mass is 16.5. The van der Waals surface area contributed by atoms with E-state index in [0.29, 0.717) is 6.04 Å². The summed E-state index contributed by atoms with van der Waals surface area (Å²) in [5.74, 6) is 0.926. The summed E-state index contributed by atoms with van der Waals surface area (Å²) in [5, 5.41) is 0. The van der Waals surface area contributed by atoms with Crippen LogP contribution in [-0.2, 0) is 4.74 Å². The third kappa shape index (κ3) is 2.99. The molecular formula is C14H21NO2. The summed E-state index contributed by atoms with van der Waals surface area (Å²) in [7, 11) is 3.47. The van der Waals surface area contributed by atoms with Gasteiger partial charge in [0.2, 0.25) is 0 Å². The van der Waals surface area contributed by atoms with Crippen LogP contribution in [0.5, 0.6) is 5.75 Å². The van der Waals surface area contributed by atoms with Crippen molar-refractivity contribution in [2.24, 2.45) is 0 Å². The molecule has 1 atom stereocenters. The van der Waals surface area contributed by atoms with E-state index in [1.807, 2.05) is 12.1 Å². The zero-order valence-electron chi connectivity index (χ0n) is 10.7. The van der Waals surface area contributed by atoms with Crippen molar-refractivity contribution >= 4 is 0 Å². The molecule has 1 saturated heterocycles. The van der Waals surface area contributed by atoms with E-state index in [2.05, 4.69) is 17.0 Å². The van der Waals surface area contributed by atoms with Crippen molar-refractivity contribution in [1.29, 1.82) is 0 Å². The number of rotatable bonds is 5. The van der Waals surface area contributed by atoms with Gasteiger partial charge >= 0.3 is 0 Å². The van der Waals surface area contributed by atoms with Gasteiger partial charge in [-0.3, -0.25) is 4.90 Å². The Bertz CT molecular complexity index is 337. The Morgan fingerprint density at radius 1 is 1.24 bits per heavy atom. The molecule has 0 saturated carbocycles. The minimum Gasteiger partial charge on any atom is -0.497 e. The molecular weight excluding hydrogens is 214 g/mol. The van der Waals surface area contributed by atoms with Gasteiger partial charge < -0.3 is 9.47 Å². The first-order valence-electron chi connectivity index (χ1n) is 6.22. The molecule has 0 aliphatic carbocycles. The Balaban J connectivity index is 2.03. The molecule has 1 aromatic rings. The van der Waals surface area contributed by atoms with Crippen molar-refractivity contribution in [3.05, 3.63) is 29.8 Å². The van der Waals surface area contributed by atoms with Gasteiger partial charge in [0.05, 0.1) is 13.7 Å². The molecule has 94 valence electrons. The quantitative estimate of drug-likeness (QED) is 0.782. The maximum atomic E-state index is 5.19. The molecule has 3 heteroatoms. The van der Waals surface area contributed by atoms with Crippen molar-refractivity contribution in [2.45, 2.75) is 18.9 Å². The van der Waals surface area contributed by atoms with E-state index in [1.165, 1.54) is 24.9 Å². The topological polar surface area (TPSA) is 21.7 Å². The van der Waals surface area contributed by atoms with Crippen LogP contribution in [-0.4, -0.2) is 38.8 Å². The first-order chi connectivity index (χ1) is 8.35. The molecule has 1 aromatic carbocycles. The largest absolute Gasteiger partial charge is 0.497 e. The number of hydrogen-bond donors (Lipinski definition) is 0. The number of hydrogen-bond acceptors (Lipinski definition) is 3. The molecule has 0 radical (unpaired) electrons. The fourth-order valence-corrected chi connectivity index (χ4v) is 2.51. The molecule has 0 bridgehead atoms. The second-order valence-corrected chi connectivity index (χ2v) is 4.46. The summed E-state index contributed by atoms with van der Waals surface area (Å²) in [6, 6.07) is 8.99. The van der Waals surface area contributed by atoms with E-state index in [4.69, 9.17) is 9.47 Å². The van der Waals surface area contributed by atoms with Crippen LogP contribution in [0, 0.1) is 0 Å². The predicted molar refractivity (Wildman–Crippen MR) is 68.4 cm³/mol. The lowest BCUT2D eigenvalue weighted by Gasteiger charge is -2.24. The molecule has 1 aliphatic rings. The lowest BCUT2D eigenvalue weighted by Crippen LogP contribution is -2.26. The molecule has 3 nitrogen and oxygen atoms in total. The normalized spacial score (nSPS) is 20.7. The highest BCUT2D eigenvalue weighted by Gasteiger charge is 2.25. The van der Waals surface area contributed by atoms with Gasteiger partial charge in [-0.1, -0.05) is 12.1 Å². The molecule has 0 N–H and O–H groups in total. The van der Waals surface area contributed by atoms with Crippen LogP contribution in [0.1, 0.15) is 24.4 Å². The first kappa shape index (κ1) is 12.4. The molecule has 17 heavy (non-hydrogen) atoms. The Kier molecular flexibility index (Phi) is 4.40. The molecule has 0 amide bonds. The van der Waals surface area contributed by atoms with Crippen LogP contribution in [0.4, 0.5) is 0 Å². The third-order valence-electron chi connectivity index (χ3n) is 3.45. The van der Waals surface area contributed by atoms with E-state index in [-0.39, 0.29) is 0 Å². The summed E-state index contributed by atoms with van der Waals surface area (Å²) in [5.41, 5.74) is 1.39. The van der Waals surface area contributed by atoms with Crippen LogP contribution >= 0.6 is 0 Å². The van der Waals surface area contributed by atoms with Crippen LogP contribution in [0.15, 0.2) is 24.3 Å². The predicted octanol–water partition coefficient (Wildman–Crippen LogP) is 2.48. The Labute approximate surface area is 103 Å². The molecule has 2 rings (SSSR count). The van der Waals surface area contributed by atoms with E-state index in [0.717, 1.165) is 18.9 Å². The fraction of sp³-hybridized carbons (Fsp3) is 0.571. The van der Waals surface area contributed by atoms with Gasteiger partial charge in [-0.05, 0) is 37.1 Å². The minimum absolute atomic E-state index is 0.552. The minimum atomic E-state index is 0.552. The Morgan fingerprint density at radius 3 is 2.65 bits per heavy atom. The molecule has 1 heterocycles. The number of methoxy groups -OCH3 is 2. The van der Waals surface area contributed by atoms with Crippen LogP contribution in [0.3, 0.4) is 0 Å². The van der Waals surface area contributed by atoms with Crippen molar-refractivity contribution < 1.29 is 9.47 Å². The van der Waals surface area contributed by atoms with Crippen LogP contribution in [0.2, 0.25) is 0 Å². The molecule has 1 aliphatic heterocycles. The SMILES string of the molecule is COCCN1CCC[C@@H]1c1ccc(OC)cc1. The Hall–Kier alpha value is -1.06. The third-order valence-corrected chi connectivity index (χ3v) is 3.45. The smallest absolute Gasteiger partial charge is 0.118 e. The van der Waals surface area contributed by atoms with Crippen molar-refractivity contribution in [3.63, 3.8) is 0 Å². The molecule has 0 spiro atoms. The maximum Gasteiger partial charge on any atom is 0.118 e. The highest BCUT2D eigenvalue weighted by Crippen LogP contribution is 2.32. The molecule has 0 unspecified atom stereocenters. The second-order valence-electron chi connectivity index (χ2n) is 4.46. The lowest BCUT2D eigenvalue weighted by atomic mass is 10.0. The van der Waals surface area contributed by atoms with E-state index < -0.39 is 0 Å². The maximum absolute atomic E-state index is 5.19. The second kappa shape index (κ2) is 6.03. The zero-order chi connectivity index (χ0) is 12.1. The zero-order valence-corrected chi connectivity index (χ0v) is 10.7. The van der Waals surface area contributed by atoms with Crippen molar-refractivity contribution in [2.75, 3.05) is 33.9 Å². The van der Waals surface area contributed by atoms with Gasteiger partial charge in [-0.15, -0.1) is 0 Å². The summed E-state index contributed by atoms with van der Waals surface area (Å²) >= 11 is 0. The van der Waals surface area contributed by atoms with Crippen molar-refractivity contribution in [3.8, 4) is 5.75 Å². The number of nitrogens with zero attached hydrogens (tertiary/aromatic N) is 1. The van der Waals surface area contributed by atoms with Crippen LogP contribution < -0.4 is 4.74 Å². The van der Waals surface area contributed by atoms with Crippen LogP contribution in [0.25, 0.3) is 0 Å². The number of benzene rings is 1. The summed E-state index contributed by atoms with van der Waals surface area (Å²) in [6.07, 6.45) is 2.52. The average molecular weight is 235 g/mol.